The van der Waals surface area contributed by atoms with Crippen molar-refractivity contribution in [2.24, 2.45) is 0 Å². The zero-order chi connectivity index (χ0) is 19.0. The molecule has 1 fully saturated rings. The number of ether oxygens (including phenoxy) is 1. The second-order valence-electron chi connectivity index (χ2n) is 8.59. The summed E-state index contributed by atoms with van der Waals surface area (Å²) >= 11 is 0. The molecule has 1 spiro atoms. The molecule has 3 aliphatic heterocycles. The zero-order valence-electron chi connectivity index (χ0n) is 16.4. The molecule has 140 valence electrons. The van der Waals surface area contributed by atoms with E-state index in [0.717, 1.165) is 23.4 Å². The van der Waals surface area contributed by atoms with Crippen LogP contribution in [0.2, 0.25) is 0 Å². The van der Waals surface area contributed by atoms with Crippen molar-refractivity contribution in [3.8, 4) is 5.75 Å². The molecule has 3 atom stereocenters. The zero-order valence-corrected chi connectivity index (χ0v) is 16.4. The molecular weight excluding hydrogens is 336 g/mol. The van der Waals surface area contributed by atoms with Crippen LogP contribution in [0.5, 0.6) is 5.75 Å². The Morgan fingerprint density at radius 1 is 1.26 bits per heavy atom. The Bertz CT molecular complexity index is 951. The number of nitrogens with one attached hydrogen (secondary N) is 1. The van der Waals surface area contributed by atoms with Gasteiger partial charge in [-0.05, 0) is 45.4 Å². The number of likely N-dealkylation sites (N-methyl/N-ethyl adjacent to an activating group) is 1. The summed E-state index contributed by atoms with van der Waals surface area (Å²) in [5.41, 5.74) is 4.05. The van der Waals surface area contributed by atoms with E-state index in [2.05, 4.69) is 55.3 Å². The van der Waals surface area contributed by atoms with Crippen LogP contribution in [0.3, 0.4) is 0 Å². The number of rotatable bonds is 2. The van der Waals surface area contributed by atoms with E-state index in [4.69, 9.17) is 4.74 Å². The van der Waals surface area contributed by atoms with E-state index >= 15 is 0 Å². The first-order chi connectivity index (χ1) is 12.9. The van der Waals surface area contributed by atoms with Crippen LogP contribution in [0, 0.1) is 6.92 Å². The average Bonchev–Trinajstić information content (AvgIpc) is 3.01. The van der Waals surface area contributed by atoms with Crippen molar-refractivity contribution in [2.45, 2.75) is 57.2 Å². The molecule has 2 aromatic rings. The van der Waals surface area contributed by atoms with Gasteiger partial charge in [0.25, 0.3) is 0 Å². The molecule has 1 amide bonds. The Morgan fingerprint density at radius 3 is 2.81 bits per heavy atom. The van der Waals surface area contributed by atoms with Gasteiger partial charge in [-0.25, -0.2) is 0 Å². The molecule has 1 N–H and O–H groups in total. The number of anilines is 1. The van der Waals surface area contributed by atoms with Gasteiger partial charge < -0.3 is 15.0 Å². The predicted octanol–water partition coefficient (Wildman–Crippen LogP) is 3.87. The summed E-state index contributed by atoms with van der Waals surface area (Å²) in [6.07, 6.45) is 0.826. The highest BCUT2D eigenvalue weighted by Crippen LogP contribution is 2.64. The SMILES string of the molecule is CCNC(=O)[C@@H]1[C@@H]2C[C@@]3(Oc4ccccc42)N1c1ccc(C)cc1C3(C)C. The summed E-state index contributed by atoms with van der Waals surface area (Å²) < 4.78 is 6.78. The lowest BCUT2D eigenvalue weighted by Gasteiger charge is -2.45. The van der Waals surface area contributed by atoms with E-state index < -0.39 is 5.72 Å². The number of hydrogen-bond acceptors (Lipinski definition) is 3. The molecule has 2 aromatic carbocycles. The van der Waals surface area contributed by atoms with Crippen LogP contribution in [-0.4, -0.2) is 24.2 Å². The molecule has 5 rings (SSSR count). The second kappa shape index (κ2) is 5.28. The van der Waals surface area contributed by atoms with Gasteiger partial charge in [0.15, 0.2) is 5.72 Å². The number of benzene rings is 2. The largest absolute Gasteiger partial charge is 0.467 e. The highest BCUT2D eigenvalue weighted by molar-refractivity contribution is 5.90. The smallest absolute Gasteiger partial charge is 0.243 e. The Labute approximate surface area is 160 Å². The highest BCUT2D eigenvalue weighted by Gasteiger charge is 2.70. The van der Waals surface area contributed by atoms with E-state index in [1.165, 1.54) is 11.1 Å². The van der Waals surface area contributed by atoms with Gasteiger partial charge in [-0.2, -0.15) is 0 Å². The summed E-state index contributed by atoms with van der Waals surface area (Å²) in [6, 6.07) is 14.5. The molecule has 3 heterocycles. The van der Waals surface area contributed by atoms with E-state index in [9.17, 15) is 4.79 Å². The second-order valence-corrected chi connectivity index (χ2v) is 8.59. The molecule has 3 aliphatic rings. The lowest BCUT2D eigenvalue weighted by molar-refractivity contribution is -0.122. The third-order valence-electron chi connectivity index (χ3n) is 6.82. The van der Waals surface area contributed by atoms with E-state index in [0.29, 0.717) is 6.54 Å². The third kappa shape index (κ3) is 1.91. The van der Waals surface area contributed by atoms with Crippen LogP contribution >= 0.6 is 0 Å². The molecule has 0 aromatic heterocycles. The number of nitrogens with zero attached hydrogens (tertiary/aromatic N) is 1. The van der Waals surface area contributed by atoms with Crippen LogP contribution in [0.15, 0.2) is 42.5 Å². The van der Waals surface area contributed by atoms with Crippen LogP contribution in [0.25, 0.3) is 0 Å². The maximum Gasteiger partial charge on any atom is 0.243 e. The van der Waals surface area contributed by atoms with Crippen molar-refractivity contribution >= 4 is 11.6 Å². The first-order valence-corrected chi connectivity index (χ1v) is 9.87. The summed E-state index contributed by atoms with van der Waals surface area (Å²) in [5.74, 6) is 1.15. The highest BCUT2D eigenvalue weighted by atomic mass is 16.5. The molecule has 4 nitrogen and oxygen atoms in total. The molecular formula is C23H26N2O2. The molecule has 0 aliphatic carbocycles. The van der Waals surface area contributed by atoms with Crippen LogP contribution < -0.4 is 15.0 Å². The molecule has 0 radical (unpaired) electrons. The Balaban J connectivity index is 1.77. The minimum atomic E-state index is -0.530. The Morgan fingerprint density at radius 2 is 2.04 bits per heavy atom. The summed E-state index contributed by atoms with van der Waals surface area (Å²) in [4.78, 5) is 15.5. The van der Waals surface area contributed by atoms with Crippen LogP contribution in [-0.2, 0) is 10.2 Å². The molecule has 0 saturated carbocycles. The van der Waals surface area contributed by atoms with Gasteiger partial charge in [0, 0.05) is 30.1 Å². The monoisotopic (exact) mass is 362 g/mol. The molecule has 4 heteroatoms. The van der Waals surface area contributed by atoms with Gasteiger partial charge in [-0.3, -0.25) is 4.79 Å². The van der Waals surface area contributed by atoms with E-state index in [1.54, 1.807) is 0 Å². The molecule has 0 unspecified atom stereocenters. The molecule has 27 heavy (non-hydrogen) atoms. The van der Waals surface area contributed by atoms with Gasteiger partial charge in [0.1, 0.15) is 11.8 Å². The minimum Gasteiger partial charge on any atom is -0.467 e. The van der Waals surface area contributed by atoms with Crippen molar-refractivity contribution in [2.75, 3.05) is 11.4 Å². The lowest BCUT2D eigenvalue weighted by atomic mass is 9.72. The lowest BCUT2D eigenvalue weighted by Crippen LogP contribution is -2.59. The number of hydrogen-bond donors (Lipinski definition) is 1. The standard InChI is InChI=1S/C23H26N2O2/c1-5-24-21(26)20-16-13-23(27-19-9-7-6-8-15(16)19)22(3,4)17-12-14(2)10-11-18(17)25(20)23/h6-12,16,20H,5,13H2,1-4H3,(H,24,26)/t16-,20+,23+/m1/s1. The Hall–Kier alpha value is -2.49. The van der Waals surface area contributed by atoms with Crippen molar-refractivity contribution in [3.05, 3.63) is 59.2 Å². The number of aryl methyl sites for hydroxylation is 1. The fourth-order valence-corrected chi connectivity index (χ4v) is 5.52. The van der Waals surface area contributed by atoms with Crippen LogP contribution in [0.1, 0.15) is 49.8 Å². The number of fused-ring (bicyclic) bond motifs is 5. The third-order valence-corrected chi connectivity index (χ3v) is 6.82. The predicted molar refractivity (Wildman–Crippen MR) is 106 cm³/mol. The molecule has 1 saturated heterocycles. The van der Waals surface area contributed by atoms with Gasteiger partial charge in [-0.1, -0.05) is 35.9 Å². The average molecular weight is 362 g/mol. The quantitative estimate of drug-likeness (QED) is 0.882. The van der Waals surface area contributed by atoms with Crippen molar-refractivity contribution in [1.82, 2.24) is 5.32 Å². The van der Waals surface area contributed by atoms with Crippen molar-refractivity contribution < 1.29 is 9.53 Å². The van der Waals surface area contributed by atoms with Gasteiger partial charge in [0.2, 0.25) is 5.91 Å². The maximum atomic E-state index is 13.2. The fourth-order valence-electron chi connectivity index (χ4n) is 5.52. The van der Waals surface area contributed by atoms with E-state index in [-0.39, 0.29) is 23.3 Å². The number of para-hydroxylation sites is 1. The number of carbonyl (C=O) groups excluding carboxylic acids is 1. The fraction of sp³-hybridized carbons (Fsp3) is 0.435. The van der Waals surface area contributed by atoms with Gasteiger partial charge in [-0.15, -0.1) is 0 Å². The summed E-state index contributed by atoms with van der Waals surface area (Å²) in [6.45, 7) is 9.26. The number of carbonyl (C=O) groups is 1. The first-order valence-electron chi connectivity index (χ1n) is 9.87. The Kier molecular flexibility index (Phi) is 3.26. The van der Waals surface area contributed by atoms with Gasteiger partial charge >= 0.3 is 0 Å². The topological polar surface area (TPSA) is 41.6 Å². The minimum absolute atomic E-state index is 0.0916. The molecule has 2 bridgehead atoms. The maximum absolute atomic E-state index is 13.2. The summed E-state index contributed by atoms with van der Waals surface area (Å²) in [7, 11) is 0. The first kappa shape index (κ1) is 16.7. The normalized spacial score (nSPS) is 28.8. The van der Waals surface area contributed by atoms with Crippen LogP contribution in [0.4, 0.5) is 5.69 Å². The van der Waals surface area contributed by atoms with Crippen molar-refractivity contribution in [1.29, 1.82) is 0 Å². The summed E-state index contributed by atoms with van der Waals surface area (Å²) in [5, 5.41) is 3.07. The van der Waals surface area contributed by atoms with E-state index in [1.807, 2.05) is 25.1 Å². The van der Waals surface area contributed by atoms with Gasteiger partial charge in [0.05, 0.1) is 5.41 Å². The van der Waals surface area contributed by atoms with Crippen molar-refractivity contribution in [3.63, 3.8) is 0 Å². The number of amides is 1.